The summed E-state index contributed by atoms with van der Waals surface area (Å²) in [4.78, 5) is 14.7. The van der Waals surface area contributed by atoms with Crippen LogP contribution in [0.25, 0.3) is 10.9 Å². The van der Waals surface area contributed by atoms with Crippen LogP contribution >= 0.6 is 0 Å². The van der Waals surface area contributed by atoms with Gasteiger partial charge in [-0.25, -0.2) is 0 Å². The highest BCUT2D eigenvalue weighted by Crippen LogP contribution is 2.27. The predicted molar refractivity (Wildman–Crippen MR) is 92.5 cm³/mol. The van der Waals surface area contributed by atoms with Gasteiger partial charge in [0, 0.05) is 36.5 Å². The lowest BCUT2D eigenvalue weighted by atomic mass is 9.97. The molecule has 5 nitrogen and oxygen atoms in total. The van der Waals surface area contributed by atoms with Gasteiger partial charge in [0.25, 0.3) is 0 Å². The van der Waals surface area contributed by atoms with Crippen molar-refractivity contribution >= 4 is 16.8 Å². The molecule has 23 heavy (non-hydrogen) atoms. The van der Waals surface area contributed by atoms with Gasteiger partial charge in [-0.3, -0.25) is 9.48 Å². The molecule has 2 heterocycles. The third kappa shape index (κ3) is 2.98. The zero-order chi connectivity index (χ0) is 16.6. The van der Waals surface area contributed by atoms with E-state index in [1.807, 2.05) is 21.7 Å². The molecule has 1 aromatic heterocycles. The molecule has 1 saturated heterocycles. The molecule has 0 radical (unpaired) electrons. The zero-order valence-corrected chi connectivity index (χ0v) is 14.4. The zero-order valence-electron chi connectivity index (χ0n) is 14.4. The fraction of sp³-hybridized carbons (Fsp3) is 0.556. The first-order valence-corrected chi connectivity index (χ1v) is 8.46. The van der Waals surface area contributed by atoms with Crippen LogP contribution in [0.3, 0.4) is 0 Å². The minimum Gasteiger partial charge on any atom is -0.336 e. The third-order valence-electron chi connectivity index (χ3n) is 4.54. The van der Waals surface area contributed by atoms with Crippen LogP contribution in [0.2, 0.25) is 0 Å². The molecule has 5 heteroatoms. The molecule has 1 aromatic carbocycles. The summed E-state index contributed by atoms with van der Waals surface area (Å²) < 4.78 is 1.88. The summed E-state index contributed by atoms with van der Waals surface area (Å²) in [6.07, 6.45) is 0. The second-order valence-corrected chi connectivity index (χ2v) is 6.90. The largest absolute Gasteiger partial charge is 0.336 e. The number of amides is 1. The molecule has 0 bridgehead atoms. The first kappa shape index (κ1) is 16.0. The van der Waals surface area contributed by atoms with Crippen LogP contribution in [0.4, 0.5) is 0 Å². The van der Waals surface area contributed by atoms with Gasteiger partial charge in [-0.05, 0) is 33.8 Å². The Morgan fingerprint density at radius 1 is 1.26 bits per heavy atom. The van der Waals surface area contributed by atoms with Gasteiger partial charge in [0.15, 0.2) is 0 Å². The Bertz CT molecular complexity index is 692. The lowest BCUT2D eigenvalue weighted by molar-refractivity contribution is -0.135. The molecule has 0 aliphatic carbocycles. The number of aromatic nitrogens is 2. The minimum atomic E-state index is 0.126. The van der Waals surface area contributed by atoms with Crippen molar-refractivity contribution in [3.8, 4) is 0 Å². The Morgan fingerprint density at radius 2 is 1.91 bits per heavy atom. The number of rotatable bonds is 5. The van der Waals surface area contributed by atoms with Crippen molar-refractivity contribution in [2.75, 3.05) is 13.1 Å². The van der Waals surface area contributed by atoms with Gasteiger partial charge in [-0.15, -0.1) is 0 Å². The average molecular weight is 314 g/mol. The van der Waals surface area contributed by atoms with Crippen molar-refractivity contribution in [1.82, 2.24) is 20.0 Å². The van der Waals surface area contributed by atoms with Crippen molar-refractivity contribution in [3.63, 3.8) is 0 Å². The first-order chi connectivity index (χ1) is 11.0. The maximum absolute atomic E-state index is 12.8. The molecular formula is C18H26N4O. The number of benzene rings is 1. The molecule has 2 aromatic rings. The summed E-state index contributed by atoms with van der Waals surface area (Å²) in [7, 11) is 0. The maximum atomic E-state index is 12.8. The molecule has 1 fully saturated rings. The highest BCUT2D eigenvalue weighted by atomic mass is 16.2. The number of para-hydroxylation sites is 1. The maximum Gasteiger partial charge on any atom is 0.244 e. The summed E-state index contributed by atoms with van der Waals surface area (Å²) >= 11 is 0. The van der Waals surface area contributed by atoms with Gasteiger partial charge in [0.05, 0.1) is 11.2 Å². The second-order valence-electron chi connectivity index (χ2n) is 6.90. The summed E-state index contributed by atoms with van der Waals surface area (Å²) in [5, 5.41) is 9.25. The van der Waals surface area contributed by atoms with Gasteiger partial charge in [0.1, 0.15) is 6.54 Å². The average Bonchev–Trinajstić information content (AvgIpc) is 2.75. The van der Waals surface area contributed by atoms with Gasteiger partial charge >= 0.3 is 0 Å². The number of fused-ring (bicyclic) bond motifs is 1. The van der Waals surface area contributed by atoms with Crippen molar-refractivity contribution < 1.29 is 4.79 Å². The van der Waals surface area contributed by atoms with Crippen LogP contribution in [-0.4, -0.2) is 45.8 Å². The molecule has 1 aliphatic heterocycles. The number of carbonyl (C=O) groups is 1. The predicted octanol–water partition coefficient (Wildman–Crippen LogP) is 2.37. The molecule has 0 unspecified atom stereocenters. The van der Waals surface area contributed by atoms with E-state index in [1.54, 1.807) is 0 Å². The number of nitrogens with zero attached hydrogens (tertiary/aromatic N) is 3. The van der Waals surface area contributed by atoms with Crippen LogP contribution in [-0.2, 0) is 11.3 Å². The van der Waals surface area contributed by atoms with Gasteiger partial charge in [0.2, 0.25) is 5.91 Å². The normalized spacial score (nSPS) is 15.4. The van der Waals surface area contributed by atoms with E-state index in [-0.39, 0.29) is 18.0 Å². The molecule has 1 aliphatic rings. The smallest absolute Gasteiger partial charge is 0.244 e. The fourth-order valence-corrected chi connectivity index (χ4v) is 3.44. The molecule has 0 saturated carbocycles. The molecule has 1 amide bonds. The second kappa shape index (κ2) is 6.32. The molecule has 1 N–H and O–H groups in total. The highest BCUT2D eigenvalue weighted by molar-refractivity contribution is 5.85. The lowest BCUT2D eigenvalue weighted by Crippen LogP contribution is -2.44. The van der Waals surface area contributed by atoms with E-state index >= 15 is 0 Å². The quantitative estimate of drug-likeness (QED) is 0.922. The van der Waals surface area contributed by atoms with E-state index in [9.17, 15) is 4.79 Å². The van der Waals surface area contributed by atoms with E-state index in [1.165, 1.54) is 5.39 Å². The SMILES string of the molecule is CC(C)N(C(=O)Cn1nc(C2CNC2)c2ccccc21)C(C)C. The minimum absolute atomic E-state index is 0.126. The van der Waals surface area contributed by atoms with E-state index in [0.717, 1.165) is 24.3 Å². The van der Waals surface area contributed by atoms with Crippen LogP contribution in [0, 0.1) is 0 Å². The summed E-state index contributed by atoms with van der Waals surface area (Å²) in [5.74, 6) is 0.587. The Hall–Kier alpha value is -1.88. The number of hydrogen-bond acceptors (Lipinski definition) is 3. The topological polar surface area (TPSA) is 50.2 Å². The van der Waals surface area contributed by atoms with Gasteiger partial charge in [-0.1, -0.05) is 18.2 Å². The van der Waals surface area contributed by atoms with Gasteiger partial charge in [-0.2, -0.15) is 5.10 Å². The van der Waals surface area contributed by atoms with E-state index in [2.05, 4.69) is 45.1 Å². The Kier molecular flexibility index (Phi) is 4.39. The van der Waals surface area contributed by atoms with Crippen molar-refractivity contribution in [2.45, 2.75) is 52.2 Å². The van der Waals surface area contributed by atoms with Crippen molar-refractivity contribution in [2.24, 2.45) is 0 Å². The highest BCUT2D eigenvalue weighted by Gasteiger charge is 2.26. The van der Waals surface area contributed by atoms with Crippen molar-refractivity contribution in [3.05, 3.63) is 30.0 Å². The van der Waals surface area contributed by atoms with Gasteiger partial charge < -0.3 is 10.2 Å². The van der Waals surface area contributed by atoms with Crippen molar-refractivity contribution in [1.29, 1.82) is 0 Å². The van der Waals surface area contributed by atoms with E-state index in [4.69, 9.17) is 5.10 Å². The third-order valence-corrected chi connectivity index (χ3v) is 4.54. The molecule has 124 valence electrons. The molecule has 0 spiro atoms. The van der Waals surface area contributed by atoms with Crippen LogP contribution in [0.15, 0.2) is 24.3 Å². The first-order valence-electron chi connectivity index (χ1n) is 8.46. The Labute approximate surface area is 137 Å². The fourth-order valence-electron chi connectivity index (χ4n) is 3.44. The van der Waals surface area contributed by atoms with E-state index in [0.29, 0.717) is 12.5 Å². The van der Waals surface area contributed by atoms with Crippen LogP contribution in [0.5, 0.6) is 0 Å². The molecule has 3 rings (SSSR count). The molecular weight excluding hydrogens is 288 g/mol. The summed E-state index contributed by atoms with van der Waals surface area (Å²) in [6, 6.07) is 8.61. The summed E-state index contributed by atoms with van der Waals surface area (Å²) in [5.41, 5.74) is 2.17. The van der Waals surface area contributed by atoms with E-state index < -0.39 is 0 Å². The Morgan fingerprint density at radius 3 is 2.48 bits per heavy atom. The number of carbonyl (C=O) groups excluding carboxylic acids is 1. The number of nitrogens with one attached hydrogen (secondary N) is 1. The Balaban J connectivity index is 1.92. The summed E-state index contributed by atoms with van der Waals surface area (Å²) in [6.45, 7) is 10.5. The van der Waals surface area contributed by atoms with Crippen LogP contribution in [0.1, 0.15) is 39.3 Å². The number of hydrogen-bond donors (Lipinski definition) is 1. The standard InChI is InChI=1S/C18H26N4O/c1-12(2)22(13(3)4)17(23)11-21-16-8-6-5-7-15(16)18(20-21)14-9-19-10-14/h5-8,12-14,19H,9-11H2,1-4H3. The molecule has 0 atom stereocenters. The van der Waals surface area contributed by atoms with Crippen LogP contribution < -0.4 is 5.32 Å². The monoisotopic (exact) mass is 314 g/mol. The lowest BCUT2D eigenvalue weighted by Gasteiger charge is -2.30.